The highest BCUT2D eigenvalue weighted by Crippen LogP contribution is 2.30. The van der Waals surface area contributed by atoms with E-state index in [0.717, 1.165) is 31.9 Å². The van der Waals surface area contributed by atoms with Gasteiger partial charge in [-0.15, -0.1) is 24.0 Å². The molecular weight excluding hydrogens is 473 g/mol. The summed E-state index contributed by atoms with van der Waals surface area (Å²) in [5, 5.41) is 3.59. The van der Waals surface area contributed by atoms with E-state index in [1.54, 1.807) is 0 Å². The summed E-state index contributed by atoms with van der Waals surface area (Å²) in [6.45, 7) is 4.82. The Morgan fingerprint density at radius 3 is 2.67 bits per heavy atom. The van der Waals surface area contributed by atoms with Gasteiger partial charge in [-0.25, -0.2) is 8.42 Å². The fraction of sp³-hybridized carbons (Fsp3) is 0.650. The minimum Gasteiger partial charge on any atom is -0.354 e. The third-order valence-electron chi connectivity index (χ3n) is 5.85. The van der Waals surface area contributed by atoms with Gasteiger partial charge in [0.25, 0.3) is 0 Å². The van der Waals surface area contributed by atoms with Crippen molar-refractivity contribution in [2.24, 2.45) is 10.9 Å². The summed E-state index contributed by atoms with van der Waals surface area (Å²) >= 11 is 0. The molecule has 2 aliphatic heterocycles. The molecule has 2 heterocycles. The Hall–Kier alpha value is -0.830. The van der Waals surface area contributed by atoms with Crippen molar-refractivity contribution in [2.75, 3.05) is 31.1 Å². The summed E-state index contributed by atoms with van der Waals surface area (Å²) in [5.41, 5.74) is 2.81. The molecule has 0 radical (unpaired) electrons. The number of benzene rings is 1. The van der Waals surface area contributed by atoms with E-state index in [-0.39, 0.29) is 29.9 Å². The van der Waals surface area contributed by atoms with E-state index >= 15 is 0 Å². The van der Waals surface area contributed by atoms with Crippen LogP contribution in [0.3, 0.4) is 0 Å². The summed E-state index contributed by atoms with van der Waals surface area (Å²) in [4.78, 5) is 7.22. The molecule has 0 amide bonds. The molecular formula is C20H30IN3O2S. The molecule has 2 atom stereocenters. The van der Waals surface area contributed by atoms with Gasteiger partial charge in [0, 0.05) is 31.6 Å². The highest BCUT2D eigenvalue weighted by Gasteiger charge is 2.32. The highest BCUT2D eigenvalue weighted by molar-refractivity contribution is 14.0. The summed E-state index contributed by atoms with van der Waals surface area (Å²) in [6.07, 6.45) is 4.33. The van der Waals surface area contributed by atoms with Crippen LogP contribution < -0.4 is 5.32 Å². The van der Waals surface area contributed by atoms with Gasteiger partial charge in [0.1, 0.15) is 0 Å². The lowest BCUT2D eigenvalue weighted by atomic mass is 9.94. The number of aliphatic imine (C=N–C) groups is 1. The molecule has 2 unspecified atom stereocenters. The third kappa shape index (κ3) is 5.37. The number of hydrogen-bond donors (Lipinski definition) is 1. The van der Waals surface area contributed by atoms with E-state index in [0.29, 0.717) is 30.0 Å². The number of rotatable bonds is 4. The van der Waals surface area contributed by atoms with E-state index in [1.807, 2.05) is 0 Å². The van der Waals surface area contributed by atoms with Crippen molar-refractivity contribution in [1.82, 2.24) is 10.2 Å². The highest BCUT2D eigenvalue weighted by atomic mass is 127. The van der Waals surface area contributed by atoms with E-state index in [2.05, 4.69) is 41.4 Å². The second kappa shape index (κ2) is 8.68. The number of nitrogens with one attached hydrogen (secondary N) is 1. The number of nitrogens with zero attached hydrogens (tertiary/aromatic N) is 2. The van der Waals surface area contributed by atoms with E-state index in [9.17, 15) is 8.42 Å². The maximum atomic E-state index is 11.7. The van der Waals surface area contributed by atoms with Crippen molar-refractivity contribution >= 4 is 39.8 Å². The summed E-state index contributed by atoms with van der Waals surface area (Å²) in [7, 11) is -2.83. The Bertz CT molecular complexity index is 792. The monoisotopic (exact) mass is 503 g/mol. The molecule has 3 aliphatic rings. The van der Waals surface area contributed by atoms with Gasteiger partial charge < -0.3 is 10.2 Å². The molecule has 0 bridgehead atoms. The Balaban J connectivity index is 0.00000210. The van der Waals surface area contributed by atoms with Gasteiger partial charge >= 0.3 is 0 Å². The van der Waals surface area contributed by atoms with Gasteiger partial charge in [-0.1, -0.05) is 24.3 Å². The van der Waals surface area contributed by atoms with Crippen molar-refractivity contribution in [3.63, 3.8) is 0 Å². The fourth-order valence-electron chi connectivity index (χ4n) is 4.13. The SMILES string of the molecule is Cc1ccccc1C1CCN(C(=NCC2CCS(=O)(=O)C2)NC2CC2)C1.I. The van der Waals surface area contributed by atoms with Gasteiger partial charge in [-0.3, -0.25) is 4.99 Å². The van der Waals surface area contributed by atoms with Crippen LogP contribution in [-0.2, 0) is 9.84 Å². The first-order valence-corrected chi connectivity index (χ1v) is 11.6. The molecule has 7 heteroatoms. The molecule has 1 aromatic rings. The molecule has 0 spiro atoms. The summed E-state index contributed by atoms with van der Waals surface area (Å²) in [6, 6.07) is 9.22. The zero-order valence-electron chi connectivity index (χ0n) is 15.9. The van der Waals surface area contributed by atoms with Crippen molar-refractivity contribution in [3.05, 3.63) is 35.4 Å². The van der Waals surface area contributed by atoms with Crippen molar-refractivity contribution in [3.8, 4) is 0 Å². The minimum atomic E-state index is -2.83. The zero-order valence-corrected chi connectivity index (χ0v) is 19.1. The minimum absolute atomic E-state index is 0. The molecule has 1 saturated carbocycles. The molecule has 1 aliphatic carbocycles. The number of hydrogen-bond acceptors (Lipinski definition) is 3. The van der Waals surface area contributed by atoms with Gasteiger partial charge in [0.05, 0.1) is 11.5 Å². The van der Waals surface area contributed by atoms with Crippen LogP contribution in [0.1, 0.15) is 42.7 Å². The molecule has 5 nitrogen and oxygen atoms in total. The quantitative estimate of drug-likeness (QED) is 0.390. The Morgan fingerprint density at radius 2 is 2.00 bits per heavy atom. The molecule has 2 saturated heterocycles. The number of halogens is 1. The Labute approximate surface area is 179 Å². The smallest absolute Gasteiger partial charge is 0.194 e. The molecule has 1 aromatic carbocycles. The van der Waals surface area contributed by atoms with Crippen molar-refractivity contribution in [2.45, 2.75) is 44.6 Å². The molecule has 0 aromatic heterocycles. The van der Waals surface area contributed by atoms with Crippen molar-refractivity contribution in [1.29, 1.82) is 0 Å². The lowest BCUT2D eigenvalue weighted by molar-refractivity contribution is 0.478. The molecule has 4 rings (SSSR count). The number of likely N-dealkylation sites (tertiary alicyclic amines) is 1. The Kier molecular flexibility index (Phi) is 6.71. The Morgan fingerprint density at radius 1 is 1.22 bits per heavy atom. The van der Waals surface area contributed by atoms with Gasteiger partial charge in [-0.2, -0.15) is 0 Å². The van der Waals surface area contributed by atoms with E-state index in [4.69, 9.17) is 4.99 Å². The lowest BCUT2D eigenvalue weighted by Crippen LogP contribution is -2.41. The molecule has 3 fully saturated rings. The first-order valence-electron chi connectivity index (χ1n) is 9.82. The largest absolute Gasteiger partial charge is 0.354 e. The fourth-order valence-corrected chi connectivity index (χ4v) is 5.98. The van der Waals surface area contributed by atoms with Crippen LogP contribution >= 0.6 is 24.0 Å². The van der Waals surface area contributed by atoms with Gasteiger partial charge in [0.15, 0.2) is 15.8 Å². The average molecular weight is 503 g/mol. The molecule has 150 valence electrons. The summed E-state index contributed by atoms with van der Waals surface area (Å²) < 4.78 is 23.4. The van der Waals surface area contributed by atoms with Gasteiger partial charge in [0.2, 0.25) is 0 Å². The van der Waals surface area contributed by atoms with Gasteiger partial charge in [-0.05, 0) is 49.7 Å². The van der Waals surface area contributed by atoms with E-state index < -0.39 is 9.84 Å². The number of aryl methyl sites for hydroxylation is 1. The van der Waals surface area contributed by atoms with Crippen LogP contribution in [0, 0.1) is 12.8 Å². The molecule has 1 N–H and O–H groups in total. The van der Waals surface area contributed by atoms with Crippen LogP contribution in [-0.4, -0.2) is 56.5 Å². The topological polar surface area (TPSA) is 61.8 Å². The van der Waals surface area contributed by atoms with Crippen LogP contribution in [0.5, 0.6) is 0 Å². The molecule has 27 heavy (non-hydrogen) atoms. The lowest BCUT2D eigenvalue weighted by Gasteiger charge is -2.23. The first-order chi connectivity index (χ1) is 12.5. The number of sulfone groups is 1. The average Bonchev–Trinajstić information content (AvgIpc) is 3.17. The van der Waals surface area contributed by atoms with Crippen molar-refractivity contribution < 1.29 is 8.42 Å². The summed E-state index contributed by atoms with van der Waals surface area (Å²) in [5.74, 6) is 2.37. The van der Waals surface area contributed by atoms with Crippen LogP contribution in [0.25, 0.3) is 0 Å². The van der Waals surface area contributed by atoms with Crippen LogP contribution in [0.2, 0.25) is 0 Å². The number of guanidine groups is 1. The van der Waals surface area contributed by atoms with Crippen LogP contribution in [0.4, 0.5) is 0 Å². The maximum Gasteiger partial charge on any atom is 0.194 e. The zero-order chi connectivity index (χ0) is 18.1. The second-order valence-electron chi connectivity index (χ2n) is 8.14. The third-order valence-corrected chi connectivity index (χ3v) is 7.69. The maximum absolute atomic E-state index is 11.7. The second-order valence-corrected chi connectivity index (χ2v) is 10.4. The predicted octanol–water partition coefficient (Wildman–Crippen LogP) is 2.95. The normalized spacial score (nSPS) is 27.4. The first kappa shape index (κ1) is 20.9. The standard InChI is InChI=1S/C20H29N3O2S.HI/c1-15-4-2-3-5-19(15)17-8-10-23(13-17)20(22-18-6-7-18)21-12-16-9-11-26(24,25)14-16;/h2-5,16-18H,6-14H2,1H3,(H,21,22);1H. The van der Waals surface area contributed by atoms with Crippen LogP contribution in [0.15, 0.2) is 29.3 Å². The predicted molar refractivity (Wildman–Crippen MR) is 121 cm³/mol. The van der Waals surface area contributed by atoms with E-state index in [1.165, 1.54) is 24.0 Å².